The quantitative estimate of drug-likeness (QED) is 0.0614. The highest BCUT2D eigenvalue weighted by Crippen LogP contribution is 2.76. The molecule has 2 unspecified atom stereocenters. The van der Waals surface area contributed by atoms with E-state index in [-0.39, 0.29) is 39.4 Å². The van der Waals surface area contributed by atoms with Gasteiger partial charge >= 0.3 is 17.9 Å². The number of aliphatic hydroxyl groups excluding tert-OH is 11. The number of aliphatic hydroxyl groups is 11. The van der Waals surface area contributed by atoms with Gasteiger partial charge < -0.3 is 104 Å². The van der Waals surface area contributed by atoms with E-state index in [2.05, 4.69) is 54.5 Å². The third-order valence-corrected chi connectivity index (χ3v) is 21.3. The first-order chi connectivity index (χ1) is 36.9. The summed E-state index contributed by atoms with van der Waals surface area (Å²) in [6, 6.07) is 0. The Kier molecular flexibility index (Phi) is 17.1. The van der Waals surface area contributed by atoms with Crippen LogP contribution < -0.4 is 0 Å². The van der Waals surface area contributed by atoms with E-state index in [9.17, 15) is 75.7 Å². The Morgan fingerprint density at radius 2 is 1.10 bits per heavy atom. The van der Waals surface area contributed by atoms with E-state index in [0.29, 0.717) is 44.9 Å². The van der Waals surface area contributed by atoms with Crippen LogP contribution in [0.4, 0.5) is 0 Å². The van der Waals surface area contributed by atoms with Crippen LogP contribution in [0, 0.1) is 50.2 Å². The first kappa shape index (κ1) is 61.0. The van der Waals surface area contributed by atoms with Crippen molar-refractivity contribution in [2.75, 3.05) is 19.8 Å². The van der Waals surface area contributed by atoms with Crippen LogP contribution in [0.25, 0.3) is 0 Å². The number of ether oxygens (including phenoxy) is 9. The molecule has 0 bridgehead atoms. The van der Waals surface area contributed by atoms with Crippen LogP contribution in [0.1, 0.15) is 120 Å². The van der Waals surface area contributed by atoms with Crippen molar-refractivity contribution < 1.29 is 118 Å². The molecular weight excluding hydrogens is 1040 g/mol. The zero-order valence-corrected chi connectivity index (χ0v) is 46.3. The van der Waals surface area contributed by atoms with E-state index in [1.807, 2.05) is 0 Å². The lowest BCUT2D eigenvalue weighted by atomic mass is 9.33. The lowest BCUT2D eigenvalue weighted by molar-refractivity contribution is -0.383. The summed E-state index contributed by atoms with van der Waals surface area (Å²) >= 11 is 0. The van der Waals surface area contributed by atoms with Crippen molar-refractivity contribution in [2.24, 2.45) is 50.2 Å². The van der Waals surface area contributed by atoms with Gasteiger partial charge in [-0.1, -0.05) is 60.1 Å². The Hall–Kier alpha value is -2.57. The van der Waals surface area contributed by atoms with E-state index in [1.165, 1.54) is 5.57 Å². The average Bonchev–Trinajstić information content (AvgIpc) is 3.85. The summed E-state index contributed by atoms with van der Waals surface area (Å²) in [6.07, 6.45) is -24.8. The Labute approximate surface area is 459 Å². The number of aliphatic carboxylic acids is 1. The fraction of sp³-hybridized carbons (Fsp3) is 0.909. The number of allylic oxidation sites excluding steroid dienone is 2. The molecule has 5 aliphatic carbocycles. The largest absolute Gasteiger partial charge is 0.479 e. The van der Waals surface area contributed by atoms with Gasteiger partial charge in [-0.2, -0.15) is 0 Å². The molecule has 4 saturated heterocycles. The predicted octanol–water partition coefficient (Wildman–Crippen LogP) is -0.733. The Morgan fingerprint density at radius 1 is 0.570 bits per heavy atom. The second-order valence-corrected chi connectivity index (χ2v) is 26.4. The first-order valence-electron chi connectivity index (χ1n) is 28.1. The number of carboxylic acids is 1. The van der Waals surface area contributed by atoms with Gasteiger partial charge in [0.15, 0.2) is 37.2 Å². The van der Waals surface area contributed by atoms with Crippen LogP contribution in [-0.2, 0) is 57.0 Å². The highest BCUT2D eigenvalue weighted by Gasteiger charge is 2.70. The fourth-order valence-electron chi connectivity index (χ4n) is 16.6. The van der Waals surface area contributed by atoms with Gasteiger partial charge in [-0.15, -0.1) is 0 Å². The van der Waals surface area contributed by atoms with Gasteiger partial charge in [-0.05, 0) is 109 Å². The van der Waals surface area contributed by atoms with Gasteiger partial charge in [0.25, 0.3) is 0 Å². The minimum Gasteiger partial charge on any atom is -0.479 e. The molecule has 0 radical (unpaired) electrons. The molecule has 9 aliphatic rings. The SMILES string of the molecule is CC(=O)O[C@@H]1[C@@H](O[C@@H]2O[C@H](CO)[C@@H](O)[C@H](O)[C@H]2O)[C@H](O[C@H]2CC[C@@]3(C)C(CC[C@]4(C)C3CC=C3[C@@H]5CC(C)(C)CC[C@]5(C(=O)O[C@@H]5O[C@H](CO)[C@@H](O)[C@H](O)[C@H]5O)CC[C@]34C)C2(C)C)O[C@H](C(=O)O)[C@H]1O[C@@H]1O[C@@H](CO)[C@H](O)[C@H]1O. The van der Waals surface area contributed by atoms with Gasteiger partial charge in [0.2, 0.25) is 6.29 Å². The van der Waals surface area contributed by atoms with Crippen LogP contribution >= 0.6 is 0 Å². The fourth-order valence-corrected chi connectivity index (χ4v) is 16.6. The van der Waals surface area contributed by atoms with Crippen molar-refractivity contribution in [1.82, 2.24) is 0 Å². The second kappa shape index (κ2) is 22.1. The predicted molar refractivity (Wildman–Crippen MR) is 267 cm³/mol. The summed E-state index contributed by atoms with van der Waals surface area (Å²) in [5.41, 5.74) is -1.54. The lowest BCUT2D eigenvalue weighted by Crippen LogP contribution is -2.68. The van der Waals surface area contributed by atoms with Crippen molar-refractivity contribution in [2.45, 2.75) is 242 Å². The molecule has 0 spiro atoms. The number of carbonyl (C=O) groups excluding carboxylic acids is 2. The molecule has 27 atom stereocenters. The summed E-state index contributed by atoms with van der Waals surface area (Å²) < 4.78 is 54.3. The van der Waals surface area contributed by atoms with Gasteiger partial charge in [-0.3, -0.25) is 9.59 Å². The number of carboxylic acid groups (broad SMARTS) is 1. The van der Waals surface area contributed by atoms with Crippen LogP contribution in [0.5, 0.6) is 0 Å². The molecule has 450 valence electrons. The minimum atomic E-state index is -2.04. The van der Waals surface area contributed by atoms with E-state index in [4.69, 9.17) is 42.6 Å². The molecule has 24 heteroatoms. The summed E-state index contributed by atoms with van der Waals surface area (Å²) in [7, 11) is 0. The van der Waals surface area contributed by atoms with E-state index in [0.717, 1.165) is 26.2 Å². The van der Waals surface area contributed by atoms with Gasteiger partial charge in [0.05, 0.1) is 31.3 Å². The number of carbonyl (C=O) groups is 3. The molecule has 24 nitrogen and oxygen atoms in total. The average molecular weight is 1130 g/mol. The Morgan fingerprint density at radius 3 is 1.67 bits per heavy atom. The lowest BCUT2D eigenvalue weighted by Gasteiger charge is -2.71. The van der Waals surface area contributed by atoms with E-state index >= 15 is 0 Å². The second-order valence-electron chi connectivity index (χ2n) is 26.4. The highest BCUT2D eigenvalue weighted by molar-refractivity contribution is 5.79. The minimum absolute atomic E-state index is 0.0175. The van der Waals surface area contributed by atoms with Gasteiger partial charge in [0, 0.05) is 6.92 Å². The van der Waals surface area contributed by atoms with Crippen molar-refractivity contribution >= 4 is 17.9 Å². The molecule has 4 heterocycles. The van der Waals surface area contributed by atoms with E-state index < -0.39 is 171 Å². The molecule has 0 aromatic heterocycles. The highest BCUT2D eigenvalue weighted by atomic mass is 16.8. The molecule has 0 aromatic carbocycles. The summed E-state index contributed by atoms with van der Waals surface area (Å²) in [5.74, 6) is -3.24. The van der Waals surface area contributed by atoms with Crippen molar-refractivity contribution in [3.8, 4) is 0 Å². The normalized spacial score (nSPS) is 51.1. The molecule has 9 rings (SSSR count). The molecular formula is C55H86O24. The van der Waals surface area contributed by atoms with Gasteiger partial charge in [-0.25, -0.2) is 4.79 Å². The number of esters is 2. The first-order valence-corrected chi connectivity index (χ1v) is 28.1. The number of hydrogen-bond donors (Lipinski definition) is 12. The van der Waals surface area contributed by atoms with Crippen molar-refractivity contribution in [1.29, 1.82) is 0 Å². The molecule has 12 N–H and O–H groups in total. The smallest absolute Gasteiger partial charge is 0.335 e. The maximum absolute atomic E-state index is 14.8. The van der Waals surface area contributed by atoms with Gasteiger partial charge in [0.1, 0.15) is 73.2 Å². The number of hydrogen-bond acceptors (Lipinski definition) is 23. The molecule has 0 aromatic rings. The van der Waals surface area contributed by atoms with Crippen LogP contribution in [-0.4, -0.2) is 222 Å². The molecule has 4 aliphatic heterocycles. The van der Waals surface area contributed by atoms with Crippen LogP contribution in [0.3, 0.4) is 0 Å². The zero-order valence-electron chi connectivity index (χ0n) is 46.3. The van der Waals surface area contributed by atoms with Crippen LogP contribution in [0.2, 0.25) is 0 Å². The standard InChI is InChI=1S/C55H86O24/c1-23(59)71-41-40(76-45-37(65)34(62)28(22-58)73-45)42(44(68)69)77-48(43(41)78-46-38(66)35(63)32(60)26(20-56)72-46)75-31-12-13-52(6)29(51(31,4)5)11-14-54(8)30(52)10-9-24-25-19-50(2,3)15-17-55(25,18-16-53(24,54)7)49(70)79-47-39(67)36(64)33(61)27(21-57)74-47/h9,25-43,45-48,56-58,60-67H,10-22H2,1-8H3,(H,68,69)/t25-,26+,27+,28-,29?,30?,31-,32+,33+,34-,35-,36-,37+,38+,39+,40-,41-,42-,43+,45-,46-,47-,48+,52-,53+,54+,55-/m0/s1. The topological polar surface area (TPSA) is 377 Å². The third kappa shape index (κ3) is 10.1. The summed E-state index contributed by atoms with van der Waals surface area (Å²) in [5, 5.41) is 127. The summed E-state index contributed by atoms with van der Waals surface area (Å²) in [4.78, 5) is 41.1. The Balaban J connectivity index is 1.01. The zero-order chi connectivity index (χ0) is 57.9. The maximum Gasteiger partial charge on any atom is 0.335 e. The molecule has 79 heavy (non-hydrogen) atoms. The van der Waals surface area contributed by atoms with Crippen molar-refractivity contribution in [3.05, 3.63) is 11.6 Å². The monoisotopic (exact) mass is 1130 g/mol. The van der Waals surface area contributed by atoms with Crippen LogP contribution in [0.15, 0.2) is 11.6 Å². The Bertz CT molecular complexity index is 2260. The van der Waals surface area contributed by atoms with Crippen molar-refractivity contribution in [3.63, 3.8) is 0 Å². The molecule has 4 saturated carbocycles. The van der Waals surface area contributed by atoms with E-state index in [1.54, 1.807) is 0 Å². The number of rotatable bonds is 13. The molecule has 8 fully saturated rings. The number of fused-ring (bicyclic) bond motifs is 7. The maximum atomic E-state index is 14.8. The third-order valence-electron chi connectivity index (χ3n) is 21.3. The summed E-state index contributed by atoms with van der Waals surface area (Å²) in [6.45, 7) is 14.4. The molecule has 0 amide bonds.